The molecule has 4 rings (SSSR count). The fraction of sp³-hybridized carbons (Fsp3) is 0.136. The second-order valence-electron chi connectivity index (χ2n) is 6.65. The number of nitrogens with zero attached hydrogens (tertiary/aromatic N) is 2. The topological polar surface area (TPSA) is 85.2 Å². The highest BCUT2D eigenvalue weighted by Crippen LogP contribution is 2.36. The van der Waals surface area contributed by atoms with Crippen molar-refractivity contribution in [3.05, 3.63) is 83.5 Å². The minimum Gasteiger partial charge on any atom is -0.458 e. The van der Waals surface area contributed by atoms with Gasteiger partial charge in [0.05, 0.1) is 22.2 Å². The van der Waals surface area contributed by atoms with Gasteiger partial charge in [-0.1, -0.05) is 36.9 Å². The molecule has 1 aromatic carbocycles. The fourth-order valence-electron chi connectivity index (χ4n) is 3.33. The maximum atomic E-state index is 12.8. The van der Waals surface area contributed by atoms with Crippen LogP contribution in [-0.4, -0.2) is 28.4 Å². The lowest BCUT2D eigenvalue weighted by molar-refractivity contribution is -0.138. The zero-order valence-corrected chi connectivity index (χ0v) is 17.1. The number of para-hydroxylation sites is 1. The molecule has 0 aliphatic carbocycles. The number of hydrogen-bond donors (Lipinski definition) is 2. The highest BCUT2D eigenvalue weighted by Gasteiger charge is 2.35. The molecule has 0 unspecified atom stereocenters. The zero-order valence-electron chi connectivity index (χ0n) is 16.3. The van der Waals surface area contributed by atoms with Crippen molar-refractivity contribution in [2.45, 2.75) is 13.0 Å². The molecule has 2 aromatic heterocycles. The molecule has 1 atom stereocenters. The molecular weight excluding hydrogens is 400 g/mol. The van der Waals surface area contributed by atoms with E-state index in [4.69, 9.17) is 9.84 Å². The summed E-state index contributed by atoms with van der Waals surface area (Å²) in [6.45, 7) is 5.34. The van der Waals surface area contributed by atoms with Gasteiger partial charge in [0.15, 0.2) is 0 Å². The van der Waals surface area contributed by atoms with Gasteiger partial charge in [0.25, 0.3) is 0 Å². The highest BCUT2D eigenvalue weighted by atomic mass is 32.1. The monoisotopic (exact) mass is 420 g/mol. The summed E-state index contributed by atoms with van der Waals surface area (Å²) >= 11 is 1.54. The molecule has 3 aromatic rings. The minimum absolute atomic E-state index is 0.0807. The lowest BCUT2D eigenvalue weighted by atomic mass is 9.95. The minimum atomic E-state index is -0.703. The quantitative estimate of drug-likeness (QED) is 0.467. The summed E-state index contributed by atoms with van der Waals surface area (Å²) in [4.78, 5) is 26.0. The van der Waals surface area contributed by atoms with Gasteiger partial charge in [0.2, 0.25) is 0 Å². The van der Waals surface area contributed by atoms with Gasteiger partial charge in [-0.3, -0.25) is 0 Å². The van der Waals surface area contributed by atoms with Gasteiger partial charge in [0.1, 0.15) is 12.3 Å². The fourth-order valence-corrected chi connectivity index (χ4v) is 4.06. The van der Waals surface area contributed by atoms with Gasteiger partial charge >= 0.3 is 12.0 Å². The normalized spacial score (nSPS) is 16.0. The number of benzene rings is 1. The summed E-state index contributed by atoms with van der Waals surface area (Å²) in [7, 11) is 0. The van der Waals surface area contributed by atoms with Crippen molar-refractivity contribution in [1.29, 1.82) is 0 Å². The van der Waals surface area contributed by atoms with Crippen LogP contribution in [0.25, 0.3) is 16.3 Å². The average Bonchev–Trinajstić information content (AvgIpc) is 3.42. The first kappa shape index (κ1) is 19.7. The van der Waals surface area contributed by atoms with Gasteiger partial charge < -0.3 is 15.4 Å². The Morgan fingerprint density at radius 3 is 2.80 bits per heavy atom. The summed E-state index contributed by atoms with van der Waals surface area (Å²) in [5.74, 6) is -0.519. The lowest BCUT2D eigenvalue weighted by Crippen LogP contribution is -2.45. The van der Waals surface area contributed by atoms with Gasteiger partial charge in [-0.25, -0.2) is 14.3 Å². The predicted molar refractivity (Wildman–Crippen MR) is 115 cm³/mol. The summed E-state index contributed by atoms with van der Waals surface area (Å²) in [5.41, 5.74) is 3.06. The van der Waals surface area contributed by atoms with Crippen molar-refractivity contribution >= 4 is 23.3 Å². The van der Waals surface area contributed by atoms with Crippen molar-refractivity contribution in [2.75, 3.05) is 6.61 Å². The number of urea groups is 1. The Bertz CT molecular complexity index is 1120. The summed E-state index contributed by atoms with van der Waals surface area (Å²) in [6, 6.07) is 12.5. The number of aromatic nitrogens is 2. The molecule has 30 heavy (non-hydrogen) atoms. The Kier molecular flexibility index (Phi) is 5.49. The number of amides is 2. The van der Waals surface area contributed by atoms with Crippen LogP contribution in [0.4, 0.5) is 4.79 Å². The lowest BCUT2D eigenvalue weighted by Gasteiger charge is -2.27. The number of rotatable bonds is 6. The van der Waals surface area contributed by atoms with Crippen LogP contribution in [0.15, 0.2) is 78.0 Å². The summed E-state index contributed by atoms with van der Waals surface area (Å²) in [5, 5.41) is 12.2. The largest absolute Gasteiger partial charge is 0.458 e. The molecule has 0 saturated heterocycles. The number of thiophene rings is 1. The number of ether oxygens (including phenoxy) is 1. The van der Waals surface area contributed by atoms with Gasteiger partial charge in [-0.05, 0) is 30.5 Å². The van der Waals surface area contributed by atoms with Crippen LogP contribution >= 0.6 is 11.3 Å². The molecular formula is C22H20N4O3S. The van der Waals surface area contributed by atoms with E-state index in [-0.39, 0.29) is 12.6 Å². The predicted octanol–water partition coefficient (Wildman–Crippen LogP) is 3.96. The van der Waals surface area contributed by atoms with Crippen molar-refractivity contribution in [3.8, 4) is 16.3 Å². The van der Waals surface area contributed by atoms with E-state index >= 15 is 0 Å². The Hall–Kier alpha value is -3.65. The number of esters is 1. The van der Waals surface area contributed by atoms with Gasteiger partial charge in [-0.2, -0.15) is 5.10 Å². The number of allylic oxidation sites excluding steroid dienone is 1. The van der Waals surface area contributed by atoms with E-state index in [1.54, 1.807) is 11.6 Å². The van der Waals surface area contributed by atoms with Crippen molar-refractivity contribution in [2.24, 2.45) is 0 Å². The van der Waals surface area contributed by atoms with Crippen LogP contribution < -0.4 is 10.6 Å². The van der Waals surface area contributed by atoms with Crippen molar-refractivity contribution in [1.82, 2.24) is 20.4 Å². The molecule has 0 radical (unpaired) electrons. The van der Waals surface area contributed by atoms with E-state index in [1.807, 2.05) is 54.0 Å². The molecule has 8 heteroatoms. The zero-order chi connectivity index (χ0) is 21.1. The third kappa shape index (κ3) is 3.77. The molecule has 0 bridgehead atoms. The Balaban J connectivity index is 1.85. The van der Waals surface area contributed by atoms with E-state index in [1.165, 1.54) is 17.4 Å². The average molecular weight is 420 g/mol. The van der Waals surface area contributed by atoms with Crippen LogP contribution in [0.1, 0.15) is 18.5 Å². The third-order valence-corrected chi connectivity index (χ3v) is 5.53. The van der Waals surface area contributed by atoms with E-state index < -0.39 is 12.0 Å². The van der Waals surface area contributed by atoms with Crippen LogP contribution in [0, 0.1) is 0 Å². The van der Waals surface area contributed by atoms with E-state index in [0.717, 1.165) is 10.6 Å². The first-order valence-electron chi connectivity index (χ1n) is 9.33. The van der Waals surface area contributed by atoms with Crippen molar-refractivity contribution in [3.63, 3.8) is 0 Å². The molecule has 7 nitrogen and oxygen atoms in total. The maximum Gasteiger partial charge on any atom is 0.338 e. The van der Waals surface area contributed by atoms with Crippen LogP contribution in [-0.2, 0) is 9.53 Å². The standard InChI is InChI=1S/C22H20N4O3S/c1-3-11-29-21(27)18-14(2)23-22(28)24-20(18)16-13-26(15-8-5-4-6-9-15)25-19(16)17-10-7-12-30-17/h3-10,12-13,20H,1,11H2,2H3,(H2,23,24,28)/t20-/m1/s1. The summed E-state index contributed by atoms with van der Waals surface area (Å²) in [6.07, 6.45) is 3.34. The molecule has 1 aliphatic heterocycles. The van der Waals surface area contributed by atoms with Gasteiger partial charge in [-0.15, -0.1) is 11.3 Å². The van der Waals surface area contributed by atoms with Crippen molar-refractivity contribution < 1.29 is 14.3 Å². The van der Waals surface area contributed by atoms with E-state index in [0.29, 0.717) is 22.5 Å². The molecule has 1 aliphatic rings. The smallest absolute Gasteiger partial charge is 0.338 e. The maximum absolute atomic E-state index is 12.8. The van der Waals surface area contributed by atoms with Crippen LogP contribution in [0.3, 0.4) is 0 Å². The Morgan fingerprint density at radius 1 is 1.30 bits per heavy atom. The number of carbonyl (C=O) groups is 2. The van der Waals surface area contributed by atoms with E-state index in [9.17, 15) is 9.59 Å². The Labute approximate surface area is 177 Å². The molecule has 152 valence electrons. The third-order valence-electron chi connectivity index (χ3n) is 4.65. The SMILES string of the molecule is C=CCOC(=O)C1=C(C)NC(=O)N[C@@H]1c1cn(-c2ccccc2)nc1-c1cccs1. The van der Waals surface area contributed by atoms with E-state index in [2.05, 4.69) is 17.2 Å². The molecule has 0 fully saturated rings. The number of carbonyl (C=O) groups excluding carboxylic acids is 2. The molecule has 0 spiro atoms. The molecule has 0 saturated carbocycles. The molecule has 2 N–H and O–H groups in total. The first-order chi connectivity index (χ1) is 14.6. The second-order valence-corrected chi connectivity index (χ2v) is 7.60. The van der Waals surface area contributed by atoms with Gasteiger partial charge in [0, 0.05) is 17.5 Å². The number of hydrogen-bond acceptors (Lipinski definition) is 5. The van der Waals surface area contributed by atoms with Crippen LogP contribution in [0.2, 0.25) is 0 Å². The number of nitrogens with one attached hydrogen (secondary N) is 2. The highest BCUT2D eigenvalue weighted by molar-refractivity contribution is 7.13. The first-order valence-corrected chi connectivity index (χ1v) is 10.2. The molecule has 2 amide bonds. The second kappa shape index (κ2) is 8.38. The Morgan fingerprint density at radius 2 is 2.10 bits per heavy atom. The molecule has 3 heterocycles. The summed E-state index contributed by atoms with van der Waals surface area (Å²) < 4.78 is 7.03. The van der Waals surface area contributed by atoms with Crippen LogP contribution in [0.5, 0.6) is 0 Å².